The summed E-state index contributed by atoms with van der Waals surface area (Å²) in [6, 6.07) is 7.71. The molecule has 3 rings (SSSR count). The number of nitrogens with zero attached hydrogens (tertiary/aromatic N) is 4. The van der Waals surface area contributed by atoms with Crippen molar-refractivity contribution in [3.63, 3.8) is 0 Å². The van der Waals surface area contributed by atoms with Gasteiger partial charge in [0.2, 0.25) is 0 Å². The normalized spacial score (nSPS) is 18.4. The van der Waals surface area contributed by atoms with Crippen molar-refractivity contribution in [2.75, 3.05) is 11.4 Å². The minimum absolute atomic E-state index is 0.0715. The second kappa shape index (κ2) is 4.83. The Balaban J connectivity index is 2.02. The highest BCUT2D eigenvalue weighted by Crippen LogP contribution is 2.33. The first-order chi connectivity index (χ1) is 9.56. The highest BCUT2D eigenvalue weighted by Gasteiger charge is 2.31. The Hall–Kier alpha value is -2.01. The summed E-state index contributed by atoms with van der Waals surface area (Å²) < 4.78 is 1.81. The maximum Gasteiger partial charge on any atom is 0.196 e. The van der Waals surface area contributed by atoms with E-state index in [0.29, 0.717) is 17.5 Å². The van der Waals surface area contributed by atoms with Gasteiger partial charge in [-0.25, -0.2) is 0 Å². The average molecular weight is 290 g/mol. The Kier molecular flexibility index (Phi) is 3.14. The van der Waals surface area contributed by atoms with Crippen molar-refractivity contribution < 1.29 is 0 Å². The molecule has 104 valence electrons. The molecule has 0 bridgehead atoms. The van der Waals surface area contributed by atoms with Crippen molar-refractivity contribution in [2.45, 2.75) is 13.0 Å². The molecular formula is C14H16ClN5. The summed E-state index contributed by atoms with van der Waals surface area (Å²) in [6.07, 6.45) is 2.02. The van der Waals surface area contributed by atoms with Gasteiger partial charge in [-0.15, -0.1) is 0 Å². The fraction of sp³-hybridized carbons (Fsp3) is 0.286. The van der Waals surface area contributed by atoms with Crippen LogP contribution in [0.25, 0.3) is 0 Å². The number of anilines is 1. The Morgan fingerprint density at radius 3 is 2.85 bits per heavy atom. The quantitative estimate of drug-likeness (QED) is 0.922. The smallest absolute Gasteiger partial charge is 0.196 e. The third-order valence-corrected chi connectivity index (χ3v) is 3.72. The van der Waals surface area contributed by atoms with Gasteiger partial charge in [-0.2, -0.15) is 5.10 Å². The van der Waals surface area contributed by atoms with Crippen molar-refractivity contribution in [2.24, 2.45) is 17.8 Å². The van der Waals surface area contributed by atoms with Gasteiger partial charge in [0.1, 0.15) is 0 Å². The fourth-order valence-corrected chi connectivity index (χ4v) is 2.80. The standard InChI is InChI=1S/C14H16ClN5/c1-9-12(8-19(2)18-9)13-7-17-14(16)20(13)11-5-3-4-10(15)6-11/h3-6,8,13H,7H2,1-2H3,(H2,16,17). The molecule has 0 saturated carbocycles. The summed E-state index contributed by atoms with van der Waals surface area (Å²) in [4.78, 5) is 6.38. The van der Waals surface area contributed by atoms with Crippen LogP contribution in [0.1, 0.15) is 17.3 Å². The lowest BCUT2D eigenvalue weighted by Gasteiger charge is -2.26. The van der Waals surface area contributed by atoms with E-state index < -0.39 is 0 Å². The topological polar surface area (TPSA) is 59.4 Å². The molecule has 1 unspecified atom stereocenters. The molecule has 1 aliphatic rings. The predicted octanol–water partition coefficient (Wildman–Crippen LogP) is 2.26. The summed E-state index contributed by atoms with van der Waals surface area (Å²) >= 11 is 6.08. The third kappa shape index (κ3) is 2.14. The van der Waals surface area contributed by atoms with Crippen LogP contribution in [-0.2, 0) is 7.05 Å². The lowest BCUT2D eigenvalue weighted by atomic mass is 10.1. The average Bonchev–Trinajstić information content (AvgIpc) is 2.92. The second-order valence-corrected chi connectivity index (χ2v) is 5.34. The summed E-state index contributed by atoms with van der Waals surface area (Å²) in [7, 11) is 1.92. The zero-order valence-corrected chi connectivity index (χ0v) is 12.2. The number of hydrogen-bond donors (Lipinski definition) is 1. The summed E-state index contributed by atoms with van der Waals surface area (Å²) in [5.74, 6) is 0.514. The number of nitrogens with two attached hydrogens (primary N) is 1. The van der Waals surface area contributed by atoms with E-state index in [4.69, 9.17) is 17.3 Å². The zero-order chi connectivity index (χ0) is 14.3. The van der Waals surface area contributed by atoms with Crippen LogP contribution in [0.5, 0.6) is 0 Å². The number of aryl methyl sites for hydroxylation is 2. The second-order valence-electron chi connectivity index (χ2n) is 4.91. The number of guanidine groups is 1. The van der Waals surface area contributed by atoms with Crippen molar-refractivity contribution in [3.8, 4) is 0 Å². The Morgan fingerprint density at radius 1 is 1.40 bits per heavy atom. The van der Waals surface area contributed by atoms with Gasteiger partial charge in [0.05, 0.1) is 18.3 Å². The maximum atomic E-state index is 6.08. The SMILES string of the molecule is Cc1nn(C)cc1C1CN=C(N)N1c1cccc(Cl)c1. The number of hydrogen-bond acceptors (Lipinski definition) is 4. The highest BCUT2D eigenvalue weighted by molar-refractivity contribution is 6.30. The van der Waals surface area contributed by atoms with E-state index in [1.54, 1.807) is 0 Å². The van der Waals surface area contributed by atoms with Crippen LogP contribution >= 0.6 is 11.6 Å². The van der Waals surface area contributed by atoms with E-state index in [2.05, 4.69) is 10.1 Å². The Morgan fingerprint density at radius 2 is 2.20 bits per heavy atom. The van der Waals surface area contributed by atoms with Crippen LogP contribution in [-0.4, -0.2) is 22.3 Å². The Bertz CT molecular complexity index is 676. The summed E-state index contributed by atoms with van der Waals surface area (Å²) in [6.45, 7) is 2.63. The van der Waals surface area contributed by atoms with Crippen LogP contribution in [0.15, 0.2) is 35.5 Å². The van der Waals surface area contributed by atoms with Crippen LogP contribution < -0.4 is 10.6 Å². The van der Waals surface area contributed by atoms with E-state index >= 15 is 0 Å². The maximum absolute atomic E-state index is 6.08. The molecule has 1 aromatic heterocycles. The van der Waals surface area contributed by atoms with Crippen molar-refractivity contribution in [1.82, 2.24) is 9.78 Å². The van der Waals surface area contributed by atoms with Crippen molar-refractivity contribution in [1.29, 1.82) is 0 Å². The van der Waals surface area contributed by atoms with Gasteiger partial charge < -0.3 is 10.6 Å². The molecule has 6 heteroatoms. The van der Waals surface area contributed by atoms with Gasteiger partial charge in [-0.3, -0.25) is 9.67 Å². The van der Waals surface area contributed by atoms with Gasteiger partial charge in [-0.1, -0.05) is 17.7 Å². The van der Waals surface area contributed by atoms with E-state index in [-0.39, 0.29) is 6.04 Å². The highest BCUT2D eigenvalue weighted by atomic mass is 35.5. The van der Waals surface area contributed by atoms with Crippen molar-refractivity contribution >= 4 is 23.2 Å². The molecule has 20 heavy (non-hydrogen) atoms. The van der Waals surface area contributed by atoms with E-state index in [9.17, 15) is 0 Å². The first-order valence-electron chi connectivity index (χ1n) is 6.41. The summed E-state index contributed by atoms with van der Waals surface area (Å²) in [5, 5.41) is 5.08. The van der Waals surface area contributed by atoms with Gasteiger partial charge in [0, 0.05) is 29.5 Å². The van der Waals surface area contributed by atoms with Crippen LogP contribution in [0.3, 0.4) is 0 Å². The van der Waals surface area contributed by atoms with Gasteiger partial charge in [-0.05, 0) is 25.1 Å². The lowest BCUT2D eigenvalue weighted by molar-refractivity contribution is 0.751. The monoisotopic (exact) mass is 289 g/mol. The third-order valence-electron chi connectivity index (χ3n) is 3.48. The molecule has 2 aromatic rings. The van der Waals surface area contributed by atoms with Gasteiger partial charge >= 0.3 is 0 Å². The first-order valence-corrected chi connectivity index (χ1v) is 6.79. The molecule has 1 aromatic carbocycles. The first kappa shape index (κ1) is 13.0. The largest absolute Gasteiger partial charge is 0.369 e. The molecular weight excluding hydrogens is 274 g/mol. The number of aliphatic imine (C=N–C) groups is 1. The molecule has 0 spiro atoms. The molecule has 2 N–H and O–H groups in total. The number of rotatable bonds is 2. The zero-order valence-electron chi connectivity index (χ0n) is 11.4. The number of aromatic nitrogens is 2. The molecule has 0 saturated heterocycles. The summed E-state index contributed by atoms with van der Waals surface area (Å²) in [5.41, 5.74) is 9.13. The van der Waals surface area contributed by atoms with E-state index in [1.165, 1.54) is 0 Å². The minimum atomic E-state index is 0.0715. The molecule has 1 aliphatic heterocycles. The minimum Gasteiger partial charge on any atom is -0.369 e. The van der Waals surface area contributed by atoms with Crippen LogP contribution in [0.4, 0.5) is 5.69 Å². The van der Waals surface area contributed by atoms with Crippen LogP contribution in [0.2, 0.25) is 5.02 Å². The molecule has 5 nitrogen and oxygen atoms in total. The van der Waals surface area contributed by atoms with E-state index in [1.807, 2.05) is 54.0 Å². The molecule has 0 fully saturated rings. The molecule has 0 radical (unpaired) electrons. The van der Waals surface area contributed by atoms with E-state index in [0.717, 1.165) is 16.9 Å². The van der Waals surface area contributed by atoms with Crippen LogP contribution in [0, 0.1) is 6.92 Å². The molecule has 2 heterocycles. The number of halogens is 1. The van der Waals surface area contributed by atoms with Gasteiger partial charge in [0.15, 0.2) is 5.96 Å². The predicted molar refractivity (Wildman–Crippen MR) is 81.1 cm³/mol. The van der Waals surface area contributed by atoms with Gasteiger partial charge in [0.25, 0.3) is 0 Å². The Labute approximate surface area is 122 Å². The lowest BCUT2D eigenvalue weighted by Crippen LogP contribution is -2.36. The fourth-order valence-electron chi connectivity index (χ4n) is 2.62. The number of benzene rings is 1. The molecule has 0 amide bonds. The van der Waals surface area contributed by atoms with Crippen molar-refractivity contribution in [3.05, 3.63) is 46.7 Å². The molecule has 0 aliphatic carbocycles. The molecule has 1 atom stereocenters.